The number of thiophene rings is 1. The Morgan fingerprint density at radius 3 is 2.72 bits per heavy atom. The van der Waals surface area contributed by atoms with Crippen LogP contribution in [0.5, 0.6) is 11.5 Å². The minimum atomic E-state index is -0.421. The number of hydrogen-bond acceptors (Lipinski definition) is 6. The van der Waals surface area contributed by atoms with Crippen LogP contribution in [0.4, 0.5) is 11.4 Å². The van der Waals surface area contributed by atoms with Crippen molar-refractivity contribution in [3.05, 3.63) is 80.6 Å². The number of phenols is 1. The summed E-state index contributed by atoms with van der Waals surface area (Å²) in [5.41, 5.74) is 4.22. The van der Waals surface area contributed by atoms with Crippen LogP contribution in [0.3, 0.4) is 0 Å². The number of carbonyl (C=O) groups excluding carboxylic acids is 1. The highest BCUT2D eigenvalue weighted by molar-refractivity contribution is 7.10. The molecular weight excluding hydrogens is 444 g/mol. The molecule has 2 heterocycles. The van der Waals surface area contributed by atoms with Gasteiger partial charge in [-0.15, -0.1) is 11.3 Å². The topological polar surface area (TPSA) is 70.6 Å². The number of fused-ring (bicyclic) bond motifs is 1. The number of carbonyl (C=O) groups is 1. The first kappa shape index (κ1) is 20.9. The molecule has 0 fully saturated rings. The average molecular weight is 467 g/mol. The number of anilines is 2. The number of ether oxygens (including phenoxy) is 1. The molecule has 0 saturated carbocycles. The molecule has 3 N–H and O–H groups in total. The Bertz CT molecular complexity index is 1210. The minimum Gasteiger partial charge on any atom is -0.503 e. The molecule has 2 atom stereocenters. The van der Waals surface area contributed by atoms with Gasteiger partial charge in [-0.25, -0.2) is 0 Å². The van der Waals surface area contributed by atoms with Gasteiger partial charge in [0.25, 0.3) is 0 Å². The van der Waals surface area contributed by atoms with Crippen molar-refractivity contribution in [2.75, 3.05) is 17.2 Å². The summed E-state index contributed by atoms with van der Waals surface area (Å²) in [5, 5.41) is 19.6. The standard InChI is InChI=1S/C25H23ClN2O3S/c1-2-31-21-13-15(10-16(26)25(21)30)24-23-19(27-17-6-3-4-7-18(17)28-24)11-14(12-20(23)29)22-8-5-9-32-22/h3-10,13-14,24,27-28,30H,2,11-12H2,1H3/t14-,24+/m0/s1. The third kappa shape index (κ3) is 3.74. The number of hydrogen-bond donors (Lipinski definition) is 3. The average Bonchev–Trinajstić information content (AvgIpc) is 3.26. The number of aromatic hydroxyl groups is 1. The van der Waals surface area contributed by atoms with E-state index in [9.17, 15) is 9.90 Å². The number of phenolic OH excluding ortho intramolecular Hbond substituents is 1. The molecule has 32 heavy (non-hydrogen) atoms. The highest BCUT2D eigenvalue weighted by atomic mass is 35.5. The smallest absolute Gasteiger partial charge is 0.176 e. The van der Waals surface area contributed by atoms with Crippen molar-refractivity contribution in [1.29, 1.82) is 0 Å². The molecule has 5 nitrogen and oxygen atoms in total. The molecule has 1 aliphatic carbocycles. The van der Waals surface area contributed by atoms with Crippen LogP contribution in [0.25, 0.3) is 0 Å². The zero-order valence-electron chi connectivity index (χ0n) is 17.5. The Balaban J connectivity index is 1.64. The molecule has 7 heteroatoms. The van der Waals surface area contributed by atoms with Gasteiger partial charge >= 0.3 is 0 Å². The molecule has 0 amide bonds. The maximum Gasteiger partial charge on any atom is 0.176 e. The minimum absolute atomic E-state index is 0.0913. The SMILES string of the molecule is CCOc1cc([C@H]2Nc3ccccc3NC3=C2C(=O)C[C@@H](c2cccs2)C3)cc(Cl)c1O. The van der Waals surface area contributed by atoms with Gasteiger partial charge in [-0.1, -0.05) is 29.8 Å². The van der Waals surface area contributed by atoms with Crippen LogP contribution >= 0.6 is 22.9 Å². The van der Waals surface area contributed by atoms with Gasteiger partial charge in [0.2, 0.25) is 0 Å². The number of rotatable bonds is 4. The first-order valence-electron chi connectivity index (χ1n) is 10.6. The summed E-state index contributed by atoms with van der Waals surface area (Å²) in [6, 6.07) is 15.1. The van der Waals surface area contributed by atoms with E-state index < -0.39 is 6.04 Å². The third-order valence-corrected chi connectivity index (χ3v) is 7.26. The molecule has 2 aromatic carbocycles. The second kappa shape index (κ2) is 8.52. The number of benzene rings is 2. The number of nitrogens with one attached hydrogen (secondary N) is 2. The van der Waals surface area contributed by atoms with Gasteiger partial charge in [0, 0.05) is 28.5 Å². The van der Waals surface area contributed by atoms with Crippen LogP contribution in [0.2, 0.25) is 5.02 Å². The fourth-order valence-corrected chi connectivity index (χ4v) is 5.54. The van der Waals surface area contributed by atoms with Crippen LogP contribution in [0, 0.1) is 0 Å². The van der Waals surface area contributed by atoms with Crippen molar-refractivity contribution in [2.45, 2.75) is 31.7 Å². The molecule has 0 bridgehead atoms. The van der Waals surface area contributed by atoms with E-state index in [4.69, 9.17) is 16.3 Å². The second-order valence-corrected chi connectivity index (χ2v) is 9.35. The summed E-state index contributed by atoms with van der Waals surface area (Å²) in [6.07, 6.45) is 1.21. The monoisotopic (exact) mass is 466 g/mol. The molecule has 0 saturated heterocycles. The van der Waals surface area contributed by atoms with Gasteiger partial charge in [0.1, 0.15) is 0 Å². The molecule has 164 valence electrons. The van der Waals surface area contributed by atoms with Gasteiger partial charge in [-0.3, -0.25) is 4.79 Å². The van der Waals surface area contributed by atoms with Crippen molar-refractivity contribution in [2.24, 2.45) is 0 Å². The van der Waals surface area contributed by atoms with Crippen molar-refractivity contribution >= 4 is 40.1 Å². The first-order chi connectivity index (χ1) is 15.5. The molecule has 5 rings (SSSR count). The Morgan fingerprint density at radius 2 is 1.97 bits per heavy atom. The Morgan fingerprint density at radius 1 is 1.16 bits per heavy atom. The molecule has 0 unspecified atom stereocenters. The molecule has 3 aromatic rings. The quantitative estimate of drug-likeness (QED) is 0.410. The summed E-state index contributed by atoms with van der Waals surface area (Å²) in [6.45, 7) is 2.24. The lowest BCUT2D eigenvalue weighted by Crippen LogP contribution is -2.26. The summed E-state index contributed by atoms with van der Waals surface area (Å²) in [5.74, 6) is 0.474. The predicted octanol–water partition coefficient (Wildman–Crippen LogP) is 6.49. The second-order valence-electron chi connectivity index (χ2n) is 7.97. The van der Waals surface area contributed by atoms with E-state index in [1.54, 1.807) is 23.5 Å². The number of Topliss-reactive ketones (excluding diaryl/α,β-unsaturated/α-hetero) is 1. The van der Waals surface area contributed by atoms with Crippen molar-refractivity contribution in [3.63, 3.8) is 0 Å². The highest BCUT2D eigenvalue weighted by Crippen LogP contribution is 2.46. The molecule has 0 spiro atoms. The van der Waals surface area contributed by atoms with Gasteiger partial charge in [-0.05, 0) is 54.6 Å². The number of halogens is 1. The predicted molar refractivity (Wildman–Crippen MR) is 129 cm³/mol. The normalized spacial score (nSPS) is 20.0. The van der Waals surface area contributed by atoms with E-state index in [0.717, 1.165) is 29.1 Å². The van der Waals surface area contributed by atoms with E-state index >= 15 is 0 Å². The maximum absolute atomic E-state index is 13.5. The van der Waals surface area contributed by atoms with E-state index in [2.05, 4.69) is 22.1 Å². The summed E-state index contributed by atoms with van der Waals surface area (Å²) < 4.78 is 5.60. The van der Waals surface area contributed by atoms with Gasteiger partial charge in [-0.2, -0.15) is 0 Å². The summed E-state index contributed by atoms with van der Waals surface area (Å²) >= 11 is 8.03. The molecule has 1 aromatic heterocycles. The highest BCUT2D eigenvalue weighted by Gasteiger charge is 2.36. The largest absolute Gasteiger partial charge is 0.503 e. The Kier molecular flexibility index (Phi) is 5.57. The molecule has 2 aliphatic rings. The fourth-order valence-electron chi connectivity index (χ4n) is 4.49. The lowest BCUT2D eigenvalue weighted by Gasteiger charge is -2.29. The lowest BCUT2D eigenvalue weighted by atomic mass is 9.80. The van der Waals surface area contributed by atoms with E-state index in [-0.39, 0.29) is 22.5 Å². The number of allylic oxidation sites excluding steroid dienone is 1. The van der Waals surface area contributed by atoms with E-state index in [1.165, 1.54) is 4.88 Å². The number of para-hydroxylation sites is 2. The van der Waals surface area contributed by atoms with Crippen LogP contribution < -0.4 is 15.4 Å². The van der Waals surface area contributed by atoms with Crippen molar-refractivity contribution in [1.82, 2.24) is 0 Å². The van der Waals surface area contributed by atoms with E-state index in [1.807, 2.05) is 37.3 Å². The van der Waals surface area contributed by atoms with Crippen LogP contribution in [0.1, 0.15) is 42.2 Å². The molecule has 1 aliphatic heterocycles. The van der Waals surface area contributed by atoms with E-state index in [0.29, 0.717) is 24.4 Å². The van der Waals surface area contributed by atoms with Crippen LogP contribution in [-0.2, 0) is 4.79 Å². The molecular formula is C25H23ClN2O3S. The van der Waals surface area contributed by atoms with Gasteiger partial charge < -0.3 is 20.5 Å². The Hall–Kier alpha value is -2.96. The van der Waals surface area contributed by atoms with Crippen molar-refractivity contribution in [3.8, 4) is 11.5 Å². The summed E-state index contributed by atoms with van der Waals surface area (Å²) in [4.78, 5) is 14.8. The zero-order valence-corrected chi connectivity index (χ0v) is 19.1. The zero-order chi connectivity index (χ0) is 22.2. The van der Waals surface area contributed by atoms with Gasteiger partial charge in [0.05, 0.1) is 29.0 Å². The fraction of sp³-hybridized carbons (Fsp3) is 0.240. The first-order valence-corrected chi connectivity index (χ1v) is 11.9. The van der Waals surface area contributed by atoms with Crippen LogP contribution in [-0.4, -0.2) is 17.5 Å². The maximum atomic E-state index is 13.5. The van der Waals surface area contributed by atoms with Gasteiger partial charge in [0.15, 0.2) is 17.3 Å². The van der Waals surface area contributed by atoms with Crippen LogP contribution in [0.15, 0.2) is 65.2 Å². The third-order valence-electron chi connectivity index (χ3n) is 5.94. The lowest BCUT2D eigenvalue weighted by molar-refractivity contribution is -0.116. The summed E-state index contributed by atoms with van der Waals surface area (Å²) in [7, 11) is 0. The molecule has 0 radical (unpaired) electrons. The number of ketones is 1. The van der Waals surface area contributed by atoms with Crippen molar-refractivity contribution < 1.29 is 14.6 Å². The Labute approximate surface area is 195 Å².